The lowest BCUT2D eigenvalue weighted by atomic mass is 9.71. The van der Waals surface area contributed by atoms with Crippen molar-refractivity contribution in [1.29, 1.82) is 5.26 Å². The Morgan fingerprint density at radius 2 is 1.72 bits per heavy atom. The number of phenols is 1. The number of Topliss-reactive ketones (excluding diaryl/α,β-unsaturated/α-hetero) is 2. The van der Waals surface area contributed by atoms with Crippen LogP contribution in [-0.2, 0) is 19.1 Å². The molecule has 0 radical (unpaired) electrons. The molecule has 130 valence electrons. The van der Waals surface area contributed by atoms with Gasteiger partial charge in [-0.15, -0.1) is 0 Å². The Hall–Kier alpha value is -2.94. The van der Waals surface area contributed by atoms with E-state index in [1.807, 2.05) is 19.9 Å². The fourth-order valence-corrected chi connectivity index (χ4v) is 3.01. The highest BCUT2D eigenvalue weighted by molar-refractivity contribution is 6.28. The predicted molar refractivity (Wildman–Crippen MR) is 89.2 cm³/mol. The van der Waals surface area contributed by atoms with Crippen molar-refractivity contribution in [3.63, 3.8) is 0 Å². The van der Waals surface area contributed by atoms with Crippen LogP contribution in [0.4, 0.5) is 0 Å². The monoisotopic (exact) mass is 341 g/mol. The van der Waals surface area contributed by atoms with Gasteiger partial charge in [0.1, 0.15) is 5.75 Å². The quantitative estimate of drug-likeness (QED) is 0.514. The number of nitriles is 1. The highest BCUT2D eigenvalue weighted by atomic mass is 16.5. The van der Waals surface area contributed by atoms with E-state index in [2.05, 4.69) is 4.74 Å². The van der Waals surface area contributed by atoms with Gasteiger partial charge in [-0.05, 0) is 23.1 Å². The van der Waals surface area contributed by atoms with Crippen LogP contribution in [0, 0.1) is 22.7 Å². The molecule has 0 aromatic heterocycles. The summed E-state index contributed by atoms with van der Waals surface area (Å²) in [6.45, 7) is 3.64. The average Bonchev–Trinajstić information content (AvgIpc) is 2.53. The van der Waals surface area contributed by atoms with Crippen molar-refractivity contribution in [1.82, 2.24) is 0 Å². The van der Waals surface area contributed by atoms with Gasteiger partial charge in [0.15, 0.2) is 17.5 Å². The molecular weight excluding hydrogens is 322 g/mol. The number of ketones is 2. The maximum Gasteiger partial charge on any atom is 0.327 e. The molecule has 25 heavy (non-hydrogen) atoms. The van der Waals surface area contributed by atoms with Crippen LogP contribution in [0.3, 0.4) is 0 Å². The van der Waals surface area contributed by atoms with E-state index in [0.29, 0.717) is 5.56 Å². The first-order valence-corrected chi connectivity index (χ1v) is 7.77. The Kier molecular flexibility index (Phi) is 5.07. The third kappa shape index (κ3) is 3.77. The fourth-order valence-electron chi connectivity index (χ4n) is 3.01. The largest absolute Gasteiger partial charge is 0.508 e. The summed E-state index contributed by atoms with van der Waals surface area (Å²) in [6.07, 6.45) is 0.296. The molecule has 2 rings (SSSR count). The molecule has 1 N–H and O–H groups in total. The van der Waals surface area contributed by atoms with Crippen LogP contribution in [0.15, 0.2) is 29.8 Å². The summed E-state index contributed by atoms with van der Waals surface area (Å²) in [4.78, 5) is 37.3. The van der Waals surface area contributed by atoms with E-state index in [-0.39, 0.29) is 29.7 Å². The summed E-state index contributed by atoms with van der Waals surface area (Å²) >= 11 is 0. The van der Waals surface area contributed by atoms with Gasteiger partial charge in [0.25, 0.3) is 0 Å². The molecule has 6 nitrogen and oxygen atoms in total. The van der Waals surface area contributed by atoms with Gasteiger partial charge in [-0.3, -0.25) is 14.4 Å². The number of methoxy groups -OCH3 is 1. The zero-order valence-corrected chi connectivity index (χ0v) is 14.3. The summed E-state index contributed by atoms with van der Waals surface area (Å²) in [6, 6.07) is 7.48. The van der Waals surface area contributed by atoms with Gasteiger partial charge >= 0.3 is 5.97 Å². The molecule has 0 saturated heterocycles. The molecule has 0 amide bonds. The van der Waals surface area contributed by atoms with E-state index in [1.165, 1.54) is 24.3 Å². The third-order valence-electron chi connectivity index (χ3n) is 4.14. The third-order valence-corrected chi connectivity index (χ3v) is 4.14. The number of rotatable bonds is 3. The second kappa shape index (κ2) is 6.89. The number of benzene rings is 1. The lowest BCUT2D eigenvalue weighted by Crippen LogP contribution is -2.33. The number of hydrogen-bond donors (Lipinski definition) is 1. The van der Waals surface area contributed by atoms with Gasteiger partial charge in [0.05, 0.1) is 18.8 Å². The van der Waals surface area contributed by atoms with Crippen LogP contribution < -0.4 is 0 Å². The highest BCUT2D eigenvalue weighted by Gasteiger charge is 2.40. The number of aromatic hydroxyl groups is 1. The van der Waals surface area contributed by atoms with Crippen LogP contribution in [-0.4, -0.2) is 29.8 Å². The number of hydrogen-bond acceptors (Lipinski definition) is 6. The molecule has 1 fully saturated rings. The van der Waals surface area contributed by atoms with E-state index >= 15 is 0 Å². The van der Waals surface area contributed by atoms with E-state index in [0.717, 1.165) is 7.11 Å². The van der Waals surface area contributed by atoms with Crippen molar-refractivity contribution in [3.8, 4) is 11.8 Å². The van der Waals surface area contributed by atoms with E-state index < -0.39 is 28.9 Å². The van der Waals surface area contributed by atoms with Crippen molar-refractivity contribution < 1.29 is 24.2 Å². The van der Waals surface area contributed by atoms with Crippen LogP contribution in [0.5, 0.6) is 5.75 Å². The Morgan fingerprint density at radius 1 is 1.20 bits per heavy atom. The molecule has 1 atom stereocenters. The molecule has 6 heteroatoms. The second-order valence-corrected chi connectivity index (χ2v) is 6.78. The van der Waals surface area contributed by atoms with Crippen molar-refractivity contribution in [2.45, 2.75) is 26.7 Å². The topological polar surface area (TPSA) is 104 Å². The van der Waals surface area contributed by atoms with Crippen LogP contribution >= 0.6 is 0 Å². The van der Waals surface area contributed by atoms with Gasteiger partial charge in [0.2, 0.25) is 0 Å². The van der Waals surface area contributed by atoms with E-state index in [4.69, 9.17) is 0 Å². The summed E-state index contributed by atoms with van der Waals surface area (Å²) in [5.41, 5.74) is -0.196. The minimum absolute atomic E-state index is 0.0119. The van der Waals surface area contributed by atoms with Gasteiger partial charge in [-0.25, -0.2) is 0 Å². The maximum absolute atomic E-state index is 12.6. The number of phenolic OH excluding ortho intramolecular Hbond substituents is 1. The van der Waals surface area contributed by atoms with Crippen LogP contribution in [0.1, 0.15) is 32.3 Å². The number of carbonyl (C=O) groups is 3. The van der Waals surface area contributed by atoms with Crippen molar-refractivity contribution in [2.24, 2.45) is 11.3 Å². The lowest BCUT2D eigenvalue weighted by molar-refractivity contribution is -0.141. The van der Waals surface area contributed by atoms with Crippen molar-refractivity contribution >= 4 is 23.1 Å². The first kappa shape index (κ1) is 18.4. The Bertz CT molecular complexity index is 774. The van der Waals surface area contributed by atoms with E-state index in [9.17, 15) is 24.8 Å². The van der Waals surface area contributed by atoms with Gasteiger partial charge in [-0.1, -0.05) is 26.0 Å². The lowest BCUT2D eigenvalue weighted by Gasteiger charge is -2.30. The molecule has 1 aliphatic rings. The highest BCUT2D eigenvalue weighted by Crippen LogP contribution is 2.39. The summed E-state index contributed by atoms with van der Waals surface area (Å²) in [5.74, 6) is -3.05. The molecule has 0 heterocycles. The van der Waals surface area contributed by atoms with Crippen LogP contribution in [0.25, 0.3) is 5.57 Å². The summed E-state index contributed by atoms with van der Waals surface area (Å²) in [7, 11) is 1.14. The smallest absolute Gasteiger partial charge is 0.327 e. The first-order valence-electron chi connectivity index (χ1n) is 7.77. The Balaban J connectivity index is 2.72. The average molecular weight is 341 g/mol. The zero-order chi connectivity index (χ0) is 18.8. The van der Waals surface area contributed by atoms with E-state index in [1.54, 1.807) is 0 Å². The van der Waals surface area contributed by atoms with Gasteiger partial charge < -0.3 is 9.84 Å². The summed E-state index contributed by atoms with van der Waals surface area (Å²) in [5, 5.41) is 18.9. The number of allylic oxidation sites excluding steroid dienone is 1. The SMILES string of the molecule is COC(=O)[C@H](C#N)C(=C1C(=O)CC(C)(C)CC1=O)c1ccc(O)cc1. The molecule has 1 saturated carbocycles. The molecule has 1 aliphatic carbocycles. The molecule has 1 aromatic rings. The van der Waals surface area contributed by atoms with Crippen molar-refractivity contribution in [3.05, 3.63) is 35.4 Å². The number of ether oxygens (including phenoxy) is 1. The Labute approximate surface area is 145 Å². The van der Waals surface area contributed by atoms with Gasteiger partial charge in [0, 0.05) is 18.4 Å². The molecular formula is C19H19NO5. The van der Waals surface area contributed by atoms with Crippen molar-refractivity contribution in [2.75, 3.05) is 7.11 Å². The predicted octanol–water partition coefficient (Wildman–Crippen LogP) is 2.42. The maximum atomic E-state index is 12.6. The Morgan fingerprint density at radius 3 is 2.16 bits per heavy atom. The molecule has 0 unspecified atom stereocenters. The minimum atomic E-state index is -1.40. The second-order valence-electron chi connectivity index (χ2n) is 6.78. The molecule has 0 spiro atoms. The molecule has 0 aliphatic heterocycles. The minimum Gasteiger partial charge on any atom is -0.508 e. The standard InChI is InChI=1S/C19H19NO5/c1-19(2)8-14(22)17(15(23)9-19)16(13(10-20)18(24)25-3)11-4-6-12(21)7-5-11/h4-7,13,21H,8-9H2,1-3H3/t13-/m1/s1. The molecule has 1 aromatic carbocycles. The number of carbonyl (C=O) groups excluding carboxylic acids is 3. The van der Waals surface area contributed by atoms with Gasteiger partial charge in [-0.2, -0.15) is 5.26 Å². The zero-order valence-electron chi connectivity index (χ0n) is 14.3. The molecule has 0 bridgehead atoms. The first-order chi connectivity index (χ1) is 11.7. The number of esters is 1. The summed E-state index contributed by atoms with van der Waals surface area (Å²) < 4.78 is 4.66. The fraction of sp³-hybridized carbons (Fsp3) is 0.368. The number of nitrogens with zero attached hydrogens (tertiary/aromatic N) is 1. The van der Waals surface area contributed by atoms with Crippen LogP contribution in [0.2, 0.25) is 0 Å². The normalized spacial score (nSPS) is 17.6.